The van der Waals surface area contributed by atoms with Gasteiger partial charge in [-0.3, -0.25) is 29.3 Å². The summed E-state index contributed by atoms with van der Waals surface area (Å²) >= 11 is 0. The van der Waals surface area contributed by atoms with E-state index in [1.165, 1.54) is 15.5 Å². The van der Waals surface area contributed by atoms with Crippen LogP contribution in [0.25, 0.3) is 0 Å². The van der Waals surface area contributed by atoms with Crippen LogP contribution >= 0.6 is 0 Å². The molecule has 1 amide bonds. The van der Waals surface area contributed by atoms with Crippen LogP contribution in [-0.4, -0.2) is 33.5 Å². The van der Waals surface area contributed by atoms with Crippen LogP contribution in [0.4, 0.5) is 22.9 Å². The average Bonchev–Trinajstić information content (AvgIpc) is 2.78. The minimum Gasteiger partial charge on any atom is -0.383 e. The fourth-order valence-electron chi connectivity index (χ4n) is 3.48. The first-order valence-corrected chi connectivity index (χ1v) is 11.2. The molecular formula is C22H32N6O5. The lowest BCUT2D eigenvalue weighted by Crippen LogP contribution is -2.42. The van der Waals surface area contributed by atoms with Gasteiger partial charge in [-0.2, -0.15) is 0 Å². The van der Waals surface area contributed by atoms with Gasteiger partial charge in [0.1, 0.15) is 11.5 Å². The number of H-pyrrole nitrogens is 1. The van der Waals surface area contributed by atoms with Gasteiger partial charge < -0.3 is 16.0 Å². The van der Waals surface area contributed by atoms with Gasteiger partial charge in [-0.05, 0) is 18.9 Å². The van der Waals surface area contributed by atoms with Crippen molar-refractivity contribution in [2.24, 2.45) is 0 Å². The monoisotopic (exact) mass is 460 g/mol. The second-order valence-corrected chi connectivity index (χ2v) is 7.70. The van der Waals surface area contributed by atoms with Gasteiger partial charge in [0.05, 0.1) is 4.92 Å². The Morgan fingerprint density at radius 1 is 1.18 bits per heavy atom. The van der Waals surface area contributed by atoms with Gasteiger partial charge >= 0.3 is 5.69 Å². The number of aromatic amines is 1. The molecule has 11 nitrogen and oxygen atoms in total. The molecule has 2 rings (SSSR count). The van der Waals surface area contributed by atoms with Crippen LogP contribution in [0.1, 0.15) is 52.4 Å². The number of hydrogen-bond donors (Lipinski definition) is 3. The molecule has 0 aliphatic rings. The van der Waals surface area contributed by atoms with E-state index in [4.69, 9.17) is 5.73 Å². The number of carbonyl (C=O) groups excluding carboxylic acids is 1. The molecule has 33 heavy (non-hydrogen) atoms. The molecule has 0 fully saturated rings. The van der Waals surface area contributed by atoms with Gasteiger partial charge in [-0.15, -0.1) is 0 Å². The highest BCUT2D eigenvalue weighted by atomic mass is 16.6. The summed E-state index contributed by atoms with van der Waals surface area (Å²) < 4.78 is 1.28. The molecule has 0 saturated heterocycles. The molecule has 1 aromatic carbocycles. The summed E-state index contributed by atoms with van der Waals surface area (Å²) in [5, 5.41) is 14.1. The third kappa shape index (κ3) is 6.67. The van der Waals surface area contributed by atoms with E-state index in [1.807, 2.05) is 13.8 Å². The maximum Gasteiger partial charge on any atom is 0.330 e. The number of nitro groups is 1. The van der Waals surface area contributed by atoms with E-state index in [1.54, 1.807) is 18.2 Å². The van der Waals surface area contributed by atoms with Crippen molar-refractivity contribution in [3.05, 3.63) is 55.2 Å². The maximum atomic E-state index is 13.1. The fraction of sp³-hybridized carbons (Fsp3) is 0.500. The first-order valence-electron chi connectivity index (χ1n) is 11.2. The predicted molar refractivity (Wildman–Crippen MR) is 129 cm³/mol. The van der Waals surface area contributed by atoms with E-state index in [2.05, 4.69) is 10.3 Å². The number of amides is 1. The quantitative estimate of drug-likeness (QED) is 0.236. The number of nitrogens with two attached hydrogens (primary N) is 1. The van der Waals surface area contributed by atoms with E-state index in [0.29, 0.717) is 25.1 Å². The molecule has 4 N–H and O–H groups in total. The normalized spacial score (nSPS) is 10.7. The smallest absolute Gasteiger partial charge is 0.330 e. The van der Waals surface area contributed by atoms with Gasteiger partial charge in [0, 0.05) is 32.1 Å². The molecule has 2 aromatic rings. The molecule has 0 bridgehead atoms. The third-order valence-electron chi connectivity index (χ3n) is 5.26. The summed E-state index contributed by atoms with van der Waals surface area (Å²) in [7, 11) is 0. The van der Waals surface area contributed by atoms with Gasteiger partial charge in [0.2, 0.25) is 5.91 Å². The molecule has 0 unspecified atom stereocenters. The molecule has 180 valence electrons. The van der Waals surface area contributed by atoms with Crippen molar-refractivity contribution in [3.63, 3.8) is 0 Å². The summed E-state index contributed by atoms with van der Waals surface area (Å²) in [5.74, 6) is -0.399. The first-order chi connectivity index (χ1) is 15.8. The Morgan fingerprint density at radius 3 is 2.55 bits per heavy atom. The second-order valence-electron chi connectivity index (χ2n) is 7.70. The number of carbonyl (C=O) groups is 1. The van der Waals surface area contributed by atoms with Crippen molar-refractivity contribution in [1.82, 2.24) is 9.55 Å². The van der Waals surface area contributed by atoms with Crippen molar-refractivity contribution in [2.75, 3.05) is 29.0 Å². The molecule has 0 spiro atoms. The van der Waals surface area contributed by atoms with Crippen LogP contribution in [0.5, 0.6) is 0 Å². The Labute approximate surface area is 191 Å². The highest BCUT2D eigenvalue weighted by Crippen LogP contribution is 2.23. The van der Waals surface area contributed by atoms with Crippen LogP contribution in [0.2, 0.25) is 0 Å². The minimum absolute atomic E-state index is 0.0227. The number of nitrogen functional groups attached to an aromatic ring is 1. The zero-order valence-electron chi connectivity index (χ0n) is 19.1. The van der Waals surface area contributed by atoms with Gasteiger partial charge in [0.25, 0.3) is 11.2 Å². The number of anilines is 3. The van der Waals surface area contributed by atoms with Crippen molar-refractivity contribution in [3.8, 4) is 0 Å². The minimum atomic E-state index is -0.707. The molecule has 0 radical (unpaired) electrons. The van der Waals surface area contributed by atoms with Crippen molar-refractivity contribution >= 4 is 28.8 Å². The van der Waals surface area contributed by atoms with E-state index in [-0.39, 0.29) is 42.6 Å². The maximum absolute atomic E-state index is 13.1. The van der Waals surface area contributed by atoms with Crippen molar-refractivity contribution in [1.29, 1.82) is 0 Å². The number of nitrogens with zero attached hydrogens (tertiary/aromatic N) is 3. The highest BCUT2D eigenvalue weighted by molar-refractivity contribution is 5.95. The largest absolute Gasteiger partial charge is 0.383 e. The molecule has 11 heteroatoms. The lowest BCUT2D eigenvalue weighted by atomic mass is 10.2. The van der Waals surface area contributed by atoms with Crippen molar-refractivity contribution < 1.29 is 9.72 Å². The second kappa shape index (κ2) is 12.4. The summed E-state index contributed by atoms with van der Waals surface area (Å²) in [4.78, 5) is 52.3. The number of aromatic nitrogens is 2. The zero-order chi connectivity index (χ0) is 24.4. The molecule has 0 aliphatic heterocycles. The highest BCUT2D eigenvalue weighted by Gasteiger charge is 2.24. The number of rotatable bonds is 13. The van der Waals surface area contributed by atoms with E-state index in [0.717, 1.165) is 19.3 Å². The molecule has 0 aliphatic carbocycles. The Balaban J connectivity index is 2.27. The predicted octanol–water partition coefficient (Wildman–Crippen LogP) is 2.85. The van der Waals surface area contributed by atoms with Crippen LogP contribution in [0.3, 0.4) is 0 Å². The topological polar surface area (TPSA) is 156 Å². The number of hydrogen-bond acceptors (Lipinski definition) is 7. The number of unbranched alkanes of at least 4 members (excludes halogenated alkanes) is 3. The number of nitrogens with one attached hydrogen (secondary N) is 2. The number of para-hydroxylation sites is 2. The van der Waals surface area contributed by atoms with Gasteiger partial charge in [-0.1, -0.05) is 45.2 Å². The lowest BCUT2D eigenvalue weighted by molar-refractivity contribution is -0.384. The Morgan fingerprint density at radius 2 is 1.88 bits per heavy atom. The summed E-state index contributed by atoms with van der Waals surface area (Å²) in [6.45, 7) is 4.73. The van der Waals surface area contributed by atoms with Crippen LogP contribution < -0.4 is 27.2 Å². The van der Waals surface area contributed by atoms with Gasteiger partial charge in [0.15, 0.2) is 5.69 Å². The van der Waals surface area contributed by atoms with Crippen molar-refractivity contribution in [2.45, 2.75) is 58.9 Å². The number of benzene rings is 1. The van der Waals surface area contributed by atoms with E-state index in [9.17, 15) is 24.5 Å². The SMILES string of the molecule is CCCCCN(C(=O)CCNc1ccccc1[N+](=O)[O-])c1c(N)n(CCCC)c(=O)[nH]c1=O. The summed E-state index contributed by atoms with van der Waals surface area (Å²) in [5.41, 5.74) is 5.07. The zero-order valence-corrected chi connectivity index (χ0v) is 19.1. The van der Waals surface area contributed by atoms with Gasteiger partial charge in [-0.25, -0.2) is 4.79 Å². The summed E-state index contributed by atoms with van der Waals surface area (Å²) in [6, 6.07) is 6.16. The van der Waals surface area contributed by atoms with Crippen LogP contribution in [0, 0.1) is 10.1 Å². The Hall–Kier alpha value is -3.63. The Kier molecular flexibility index (Phi) is 9.64. The lowest BCUT2D eigenvalue weighted by Gasteiger charge is -2.25. The van der Waals surface area contributed by atoms with E-state index >= 15 is 0 Å². The molecule has 0 atom stereocenters. The molecule has 1 heterocycles. The van der Waals surface area contributed by atoms with E-state index < -0.39 is 16.2 Å². The van der Waals surface area contributed by atoms with Crippen LogP contribution in [-0.2, 0) is 11.3 Å². The van der Waals surface area contributed by atoms with Crippen LogP contribution in [0.15, 0.2) is 33.9 Å². The first kappa shape index (κ1) is 25.6. The summed E-state index contributed by atoms with van der Waals surface area (Å²) in [6.07, 6.45) is 3.93. The molecule has 1 aromatic heterocycles. The molecule has 0 saturated carbocycles. The fourth-order valence-corrected chi connectivity index (χ4v) is 3.48. The Bertz CT molecular complexity index is 1080. The standard InChI is InChI=1S/C22H32N6O5/c1-3-5-9-15-26(19-20(23)27(14-6-4-2)22(31)25-21(19)30)18(29)12-13-24-16-10-7-8-11-17(16)28(32)33/h7-8,10-11,24H,3-6,9,12-15,23H2,1-2H3,(H,25,30,31). The molecular weight excluding hydrogens is 428 g/mol. The third-order valence-corrected chi connectivity index (χ3v) is 5.26. The average molecular weight is 461 g/mol. The number of nitro benzene ring substituents is 1.